The molecule has 0 saturated carbocycles. The average molecular weight is 297 g/mol. The van der Waals surface area contributed by atoms with Crippen molar-refractivity contribution < 1.29 is 4.79 Å². The third-order valence-electron chi connectivity index (χ3n) is 2.39. The van der Waals surface area contributed by atoms with E-state index >= 15 is 0 Å². The fourth-order valence-corrected chi connectivity index (χ4v) is 2.38. The average Bonchev–Trinajstić information content (AvgIpc) is 2.73. The zero-order valence-electron chi connectivity index (χ0n) is 10.5. The first-order valence-electron chi connectivity index (χ1n) is 5.53. The van der Waals surface area contributed by atoms with Gasteiger partial charge in [0.25, 0.3) is 0 Å². The standard InChI is InChI=1S/C12H13ClN4OS/c1-8-7-19-12(14-2)17(8)16-11(18)15-10-5-3-9(13)4-6-10/h3-7H,1-2H3,(H2,15,16,18). The fraction of sp³-hybridized carbons (Fsp3) is 0.167. The van der Waals surface area contributed by atoms with Gasteiger partial charge >= 0.3 is 6.03 Å². The van der Waals surface area contributed by atoms with Crippen molar-refractivity contribution >= 4 is 34.7 Å². The number of rotatable bonds is 2. The van der Waals surface area contributed by atoms with E-state index in [4.69, 9.17) is 11.6 Å². The third-order valence-corrected chi connectivity index (χ3v) is 3.67. The first-order valence-corrected chi connectivity index (χ1v) is 6.79. The summed E-state index contributed by atoms with van der Waals surface area (Å²) in [7, 11) is 1.68. The van der Waals surface area contributed by atoms with Gasteiger partial charge in [-0.05, 0) is 31.2 Å². The van der Waals surface area contributed by atoms with Gasteiger partial charge < -0.3 is 5.32 Å². The molecule has 2 rings (SSSR count). The summed E-state index contributed by atoms with van der Waals surface area (Å²) < 4.78 is 1.63. The Morgan fingerprint density at radius 2 is 2.05 bits per heavy atom. The van der Waals surface area contributed by atoms with E-state index in [1.807, 2.05) is 12.3 Å². The van der Waals surface area contributed by atoms with Crippen LogP contribution in [0.5, 0.6) is 0 Å². The van der Waals surface area contributed by atoms with Gasteiger partial charge in [-0.15, -0.1) is 11.3 Å². The Kier molecular flexibility index (Phi) is 4.24. The maximum atomic E-state index is 11.9. The number of aryl methyl sites for hydroxylation is 1. The Hall–Kier alpha value is -1.79. The van der Waals surface area contributed by atoms with E-state index in [1.165, 1.54) is 11.3 Å². The number of hydrogen-bond acceptors (Lipinski definition) is 3. The zero-order valence-corrected chi connectivity index (χ0v) is 12.0. The van der Waals surface area contributed by atoms with Crippen LogP contribution in [0.3, 0.4) is 0 Å². The second-order valence-corrected chi connectivity index (χ2v) is 5.06. The molecule has 0 saturated heterocycles. The second-order valence-electron chi connectivity index (χ2n) is 3.79. The van der Waals surface area contributed by atoms with Crippen LogP contribution in [0.15, 0.2) is 34.6 Å². The van der Waals surface area contributed by atoms with E-state index in [0.717, 1.165) is 10.5 Å². The van der Waals surface area contributed by atoms with E-state index in [2.05, 4.69) is 15.7 Å². The van der Waals surface area contributed by atoms with Gasteiger partial charge in [-0.25, -0.2) is 14.9 Å². The lowest BCUT2D eigenvalue weighted by Crippen LogP contribution is -2.34. The van der Waals surface area contributed by atoms with Gasteiger partial charge in [0.05, 0.1) is 5.69 Å². The Morgan fingerprint density at radius 1 is 1.37 bits per heavy atom. The summed E-state index contributed by atoms with van der Waals surface area (Å²) in [4.78, 5) is 16.7. The van der Waals surface area contributed by atoms with E-state index in [0.29, 0.717) is 10.7 Å². The van der Waals surface area contributed by atoms with Gasteiger partial charge in [0.2, 0.25) is 4.80 Å². The van der Waals surface area contributed by atoms with Crippen LogP contribution in [-0.2, 0) is 0 Å². The predicted octanol–water partition coefficient (Wildman–Crippen LogP) is 2.82. The van der Waals surface area contributed by atoms with Gasteiger partial charge in [-0.2, -0.15) is 0 Å². The number of carbonyl (C=O) groups excluding carboxylic acids is 1. The molecule has 7 heteroatoms. The molecule has 2 N–H and O–H groups in total. The van der Waals surface area contributed by atoms with E-state index in [9.17, 15) is 4.79 Å². The highest BCUT2D eigenvalue weighted by Crippen LogP contribution is 2.13. The minimum absolute atomic E-state index is 0.335. The van der Waals surface area contributed by atoms with Crippen LogP contribution in [0.1, 0.15) is 5.69 Å². The maximum absolute atomic E-state index is 11.9. The number of halogens is 1. The van der Waals surface area contributed by atoms with Crippen molar-refractivity contribution in [1.29, 1.82) is 0 Å². The Balaban J connectivity index is 2.09. The number of nitrogens with one attached hydrogen (secondary N) is 2. The van der Waals surface area contributed by atoms with Crippen LogP contribution in [0.25, 0.3) is 0 Å². The Labute approximate surface area is 119 Å². The number of carbonyl (C=O) groups is 1. The predicted molar refractivity (Wildman–Crippen MR) is 78.4 cm³/mol. The molecule has 0 atom stereocenters. The smallest absolute Gasteiger partial charge is 0.307 e. The molecule has 0 aliphatic carbocycles. The summed E-state index contributed by atoms with van der Waals surface area (Å²) in [6.07, 6.45) is 0. The molecular weight excluding hydrogens is 284 g/mol. The first kappa shape index (κ1) is 13.6. The summed E-state index contributed by atoms with van der Waals surface area (Å²) >= 11 is 7.24. The quantitative estimate of drug-likeness (QED) is 0.879. The monoisotopic (exact) mass is 296 g/mol. The number of urea groups is 1. The van der Waals surface area contributed by atoms with Crippen LogP contribution in [0, 0.1) is 6.92 Å². The Bertz CT molecular complexity index is 644. The molecule has 0 radical (unpaired) electrons. The molecule has 100 valence electrons. The van der Waals surface area contributed by atoms with Crippen molar-refractivity contribution in [3.8, 4) is 0 Å². The van der Waals surface area contributed by atoms with Crippen molar-refractivity contribution in [3.05, 3.63) is 45.2 Å². The van der Waals surface area contributed by atoms with Crippen molar-refractivity contribution in [2.45, 2.75) is 6.92 Å². The fourth-order valence-electron chi connectivity index (χ4n) is 1.48. The van der Waals surface area contributed by atoms with Crippen LogP contribution >= 0.6 is 22.9 Å². The summed E-state index contributed by atoms with van der Waals surface area (Å²) in [5, 5.41) is 5.27. The first-order chi connectivity index (χ1) is 9.10. The van der Waals surface area contributed by atoms with Gasteiger partial charge in [-0.3, -0.25) is 4.99 Å². The summed E-state index contributed by atoms with van der Waals surface area (Å²) in [5.41, 5.74) is 4.31. The minimum atomic E-state index is -0.335. The van der Waals surface area contributed by atoms with Crippen LogP contribution in [0.2, 0.25) is 5.02 Å². The molecule has 0 aliphatic rings. The molecule has 1 heterocycles. The van der Waals surface area contributed by atoms with Crippen LogP contribution in [-0.4, -0.2) is 17.8 Å². The molecule has 5 nitrogen and oxygen atoms in total. The topological polar surface area (TPSA) is 58.4 Å². The molecule has 2 amide bonds. The Morgan fingerprint density at radius 3 is 2.68 bits per heavy atom. The minimum Gasteiger partial charge on any atom is -0.307 e. The number of nitrogens with zero attached hydrogens (tertiary/aromatic N) is 2. The number of thiazole rings is 1. The number of hydrogen-bond donors (Lipinski definition) is 2. The summed E-state index contributed by atoms with van der Waals surface area (Å²) in [6, 6.07) is 6.56. The van der Waals surface area contributed by atoms with E-state index in [1.54, 1.807) is 36.0 Å². The lowest BCUT2D eigenvalue weighted by Gasteiger charge is -2.09. The number of aromatic nitrogens is 1. The molecular formula is C12H13ClN4OS. The summed E-state index contributed by atoms with van der Waals surface area (Å²) in [6.45, 7) is 1.90. The molecule has 2 aromatic rings. The van der Waals surface area contributed by atoms with Gasteiger partial charge in [0.1, 0.15) is 0 Å². The molecule has 0 fully saturated rings. The van der Waals surface area contributed by atoms with Gasteiger partial charge in [0.15, 0.2) is 0 Å². The molecule has 0 aliphatic heterocycles. The van der Waals surface area contributed by atoms with E-state index in [-0.39, 0.29) is 6.03 Å². The number of benzene rings is 1. The van der Waals surface area contributed by atoms with Gasteiger partial charge in [0, 0.05) is 23.1 Å². The van der Waals surface area contributed by atoms with Crippen molar-refractivity contribution in [3.63, 3.8) is 0 Å². The second kappa shape index (κ2) is 5.90. The molecule has 0 spiro atoms. The molecule has 1 aromatic heterocycles. The summed E-state index contributed by atoms with van der Waals surface area (Å²) in [5.74, 6) is 0. The normalized spacial score (nSPS) is 11.4. The highest BCUT2D eigenvalue weighted by Gasteiger charge is 2.06. The molecule has 1 aromatic carbocycles. The maximum Gasteiger partial charge on any atom is 0.338 e. The van der Waals surface area contributed by atoms with E-state index < -0.39 is 0 Å². The number of anilines is 1. The molecule has 19 heavy (non-hydrogen) atoms. The molecule has 0 unspecified atom stereocenters. The molecule has 0 bridgehead atoms. The van der Waals surface area contributed by atoms with Crippen molar-refractivity contribution in [1.82, 2.24) is 4.68 Å². The zero-order chi connectivity index (χ0) is 13.8. The number of amides is 2. The van der Waals surface area contributed by atoms with Crippen LogP contribution < -0.4 is 15.5 Å². The highest BCUT2D eigenvalue weighted by molar-refractivity contribution is 7.07. The highest BCUT2D eigenvalue weighted by atomic mass is 35.5. The lowest BCUT2D eigenvalue weighted by atomic mass is 10.3. The largest absolute Gasteiger partial charge is 0.338 e. The lowest BCUT2D eigenvalue weighted by molar-refractivity contribution is 0.259. The van der Waals surface area contributed by atoms with Crippen LogP contribution in [0.4, 0.5) is 10.5 Å². The SMILES string of the molecule is CN=c1scc(C)n1NC(=O)Nc1ccc(Cl)cc1. The van der Waals surface area contributed by atoms with Crippen molar-refractivity contribution in [2.24, 2.45) is 4.99 Å². The van der Waals surface area contributed by atoms with Crippen molar-refractivity contribution in [2.75, 3.05) is 17.8 Å². The third kappa shape index (κ3) is 3.36. The van der Waals surface area contributed by atoms with Gasteiger partial charge in [-0.1, -0.05) is 11.6 Å².